The Morgan fingerprint density at radius 1 is 1.22 bits per heavy atom. The number of halogens is 1. The lowest BCUT2D eigenvalue weighted by atomic mass is 10.2. The van der Waals surface area contributed by atoms with Crippen LogP contribution in [-0.4, -0.2) is 64.5 Å². The summed E-state index contributed by atoms with van der Waals surface area (Å²) in [6.07, 6.45) is 2.62. The van der Waals surface area contributed by atoms with Crippen LogP contribution in [0, 0.1) is 0 Å². The number of aliphatic imine (C=N–C) groups is 1. The number of hydrogen-bond donors (Lipinski definition) is 6. The number of carbonyl (C=O) groups is 1. The highest BCUT2D eigenvalue weighted by atomic mass is 35.5. The second-order valence-electron chi connectivity index (χ2n) is 5.68. The number of aromatic nitrogens is 2. The summed E-state index contributed by atoms with van der Waals surface area (Å²) < 4.78 is 5.20. The number of nitrogens with zero attached hydrogens (tertiary/aromatic N) is 3. The molecule has 0 aromatic carbocycles. The Morgan fingerprint density at radius 2 is 1.93 bits per heavy atom. The third-order valence-corrected chi connectivity index (χ3v) is 3.64. The first kappa shape index (κ1) is 22.8. The fourth-order valence-electron chi connectivity index (χ4n) is 1.96. The molecule has 0 saturated carbocycles. The van der Waals surface area contributed by atoms with Crippen molar-refractivity contribution in [2.75, 3.05) is 37.8 Å². The number of aliphatic hydroxyl groups is 2. The number of nitrogens with two attached hydrogens (primary N) is 3. The zero-order valence-corrected chi connectivity index (χ0v) is 15.7. The maximum absolute atomic E-state index is 12.0. The first-order valence-corrected chi connectivity index (χ1v) is 8.79. The number of ether oxygens (including phenoxy) is 1. The molecule has 0 aliphatic heterocycles. The minimum absolute atomic E-state index is 0.0597. The van der Waals surface area contributed by atoms with Crippen molar-refractivity contribution in [1.29, 1.82) is 0 Å². The van der Waals surface area contributed by atoms with Crippen LogP contribution < -0.4 is 22.5 Å². The van der Waals surface area contributed by atoms with Gasteiger partial charge in [-0.1, -0.05) is 24.4 Å². The summed E-state index contributed by atoms with van der Waals surface area (Å²) >= 11 is 5.72. The molecule has 0 saturated heterocycles. The number of anilines is 2. The highest BCUT2D eigenvalue weighted by molar-refractivity contribution is 6.31. The topological polar surface area (TPSA) is 195 Å². The molecule has 1 aromatic rings. The van der Waals surface area contributed by atoms with Gasteiger partial charge in [0.05, 0.1) is 13.2 Å². The molecule has 152 valence electrons. The molecule has 0 unspecified atom stereocenters. The lowest BCUT2D eigenvalue weighted by Gasteiger charge is -2.08. The Kier molecular flexibility index (Phi) is 10.3. The maximum atomic E-state index is 12.0. The highest BCUT2D eigenvalue weighted by Gasteiger charge is 2.16. The smallest absolute Gasteiger partial charge is 0.280 e. The first-order valence-electron chi connectivity index (χ1n) is 8.41. The van der Waals surface area contributed by atoms with E-state index in [9.17, 15) is 4.79 Å². The number of guanidine groups is 1. The van der Waals surface area contributed by atoms with E-state index in [0.29, 0.717) is 13.2 Å². The van der Waals surface area contributed by atoms with E-state index in [1.165, 1.54) is 0 Å². The third kappa shape index (κ3) is 8.82. The van der Waals surface area contributed by atoms with E-state index in [-0.39, 0.29) is 41.7 Å². The molecule has 0 aliphatic rings. The number of carbonyl (C=O) groups excluding carboxylic acids is 1. The van der Waals surface area contributed by atoms with E-state index in [1.54, 1.807) is 0 Å². The molecule has 0 radical (unpaired) electrons. The van der Waals surface area contributed by atoms with Gasteiger partial charge in [-0.25, -0.2) is 9.97 Å². The van der Waals surface area contributed by atoms with Crippen molar-refractivity contribution in [3.8, 4) is 0 Å². The molecule has 0 fully saturated rings. The molecule has 0 aliphatic carbocycles. The van der Waals surface area contributed by atoms with E-state index < -0.39 is 12.0 Å². The average Bonchev–Trinajstić information content (AvgIpc) is 2.62. The van der Waals surface area contributed by atoms with Crippen LogP contribution in [0.1, 0.15) is 36.2 Å². The fourth-order valence-corrected chi connectivity index (χ4v) is 2.09. The predicted molar refractivity (Wildman–Crippen MR) is 102 cm³/mol. The van der Waals surface area contributed by atoms with Gasteiger partial charge in [-0.15, -0.1) is 0 Å². The number of amides is 1. The summed E-state index contributed by atoms with van der Waals surface area (Å²) in [5.74, 6) is -0.959. The van der Waals surface area contributed by atoms with Gasteiger partial charge in [-0.2, -0.15) is 0 Å². The molecule has 0 spiro atoms. The van der Waals surface area contributed by atoms with Crippen LogP contribution in [0.3, 0.4) is 0 Å². The van der Waals surface area contributed by atoms with E-state index in [1.807, 2.05) is 0 Å². The largest absolute Gasteiger partial charge is 0.394 e. The van der Waals surface area contributed by atoms with Crippen LogP contribution in [-0.2, 0) is 4.74 Å². The molecule has 1 heterocycles. The fraction of sp³-hybridized carbons (Fsp3) is 0.600. The van der Waals surface area contributed by atoms with Crippen molar-refractivity contribution in [2.45, 2.75) is 31.8 Å². The minimum Gasteiger partial charge on any atom is -0.394 e. The molecular formula is C15H26ClN7O4. The average molecular weight is 404 g/mol. The van der Waals surface area contributed by atoms with E-state index in [2.05, 4.69) is 20.3 Å². The van der Waals surface area contributed by atoms with Crippen molar-refractivity contribution in [1.82, 2.24) is 15.3 Å². The molecule has 1 atom stereocenters. The van der Waals surface area contributed by atoms with Crippen LogP contribution in [0.2, 0.25) is 5.15 Å². The van der Waals surface area contributed by atoms with Crippen molar-refractivity contribution in [3.05, 3.63) is 10.8 Å². The van der Waals surface area contributed by atoms with Gasteiger partial charge in [0.25, 0.3) is 5.91 Å². The zero-order chi connectivity index (χ0) is 20.2. The van der Waals surface area contributed by atoms with Gasteiger partial charge in [0.1, 0.15) is 6.10 Å². The van der Waals surface area contributed by atoms with Crippen molar-refractivity contribution in [3.63, 3.8) is 0 Å². The Hall–Kier alpha value is -2.21. The predicted octanol–water partition coefficient (Wildman–Crippen LogP) is -0.731. The Balaban J connectivity index is 2.24. The molecular weight excluding hydrogens is 378 g/mol. The number of nitrogen functional groups attached to an aromatic ring is 2. The number of hydrogen-bond acceptors (Lipinski definition) is 9. The van der Waals surface area contributed by atoms with Gasteiger partial charge >= 0.3 is 0 Å². The Morgan fingerprint density at radius 3 is 2.63 bits per heavy atom. The monoisotopic (exact) mass is 403 g/mol. The van der Waals surface area contributed by atoms with Crippen LogP contribution in [0.5, 0.6) is 0 Å². The van der Waals surface area contributed by atoms with Crippen LogP contribution in [0.25, 0.3) is 0 Å². The number of nitrogens with one attached hydrogen (secondary N) is 1. The highest BCUT2D eigenvalue weighted by Crippen LogP contribution is 2.17. The van der Waals surface area contributed by atoms with E-state index >= 15 is 0 Å². The summed E-state index contributed by atoms with van der Waals surface area (Å²) in [6, 6.07) is 0. The van der Waals surface area contributed by atoms with Crippen LogP contribution >= 0.6 is 11.6 Å². The molecule has 9 N–H and O–H groups in total. The van der Waals surface area contributed by atoms with E-state index in [0.717, 1.165) is 25.7 Å². The summed E-state index contributed by atoms with van der Waals surface area (Å²) in [6.45, 7) is 0.788. The molecule has 1 amide bonds. The van der Waals surface area contributed by atoms with Crippen LogP contribution in [0.15, 0.2) is 4.99 Å². The lowest BCUT2D eigenvalue weighted by molar-refractivity contribution is 0.00527. The molecule has 1 aromatic heterocycles. The van der Waals surface area contributed by atoms with Gasteiger partial charge < -0.3 is 32.2 Å². The quantitative estimate of drug-likeness (QED) is 0.157. The second kappa shape index (κ2) is 12.2. The molecule has 12 heteroatoms. The van der Waals surface area contributed by atoms with Gasteiger partial charge in [0.2, 0.25) is 0 Å². The van der Waals surface area contributed by atoms with Crippen LogP contribution in [0.4, 0.5) is 11.6 Å². The number of aliphatic hydroxyl groups excluding tert-OH is 2. The zero-order valence-electron chi connectivity index (χ0n) is 14.9. The molecule has 1 rings (SSSR count). The molecule has 27 heavy (non-hydrogen) atoms. The summed E-state index contributed by atoms with van der Waals surface area (Å²) in [5, 5.41) is 20.0. The Labute approximate surface area is 162 Å². The summed E-state index contributed by atoms with van der Waals surface area (Å²) in [5.41, 5.74) is 16.5. The molecule has 11 nitrogen and oxygen atoms in total. The normalized spacial score (nSPS) is 12.8. The van der Waals surface area contributed by atoms with Gasteiger partial charge in [0.15, 0.2) is 28.4 Å². The minimum atomic E-state index is -0.830. The summed E-state index contributed by atoms with van der Waals surface area (Å²) in [7, 11) is 0. The number of rotatable bonds is 11. The van der Waals surface area contributed by atoms with Crippen molar-refractivity contribution >= 4 is 35.1 Å². The summed E-state index contributed by atoms with van der Waals surface area (Å²) in [4.78, 5) is 23.6. The van der Waals surface area contributed by atoms with E-state index in [4.69, 9.17) is 43.8 Å². The molecule has 0 bridgehead atoms. The second-order valence-corrected chi connectivity index (χ2v) is 6.04. The Bertz CT molecular complexity index is 645. The SMILES string of the molecule is NC(=NCCCCCCOC[C@@H](O)CO)NC(=O)c1nc(Cl)c(N)nc1N. The first-order chi connectivity index (χ1) is 12.8. The van der Waals surface area contributed by atoms with Crippen molar-refractivity contribution in [2.24, 2.45) is 10.7 Å². The lowest BCUT2D eigenvalue weighted by Crippen LogP contribution is -2.38. The van der Waals surface area contributed by atoms with Crippen molar-refractivity contribution < 1.29 is 19.7 Å². The van der Waals surface area contributed by atoms with Gasteiger partial charge in [-0.3, -0.25) is 15.1 Å². The van der Waals surface area contributed by atoms with Gasteiger partial charge in [0, 0.05) is 13.2 Å². The maximum Gasteiger partial charge on any atom is 0.280 e. The number of unbranched alkanes of at least 4 members (excludes halogenated alkanes) is 3. The van der Waals surface area contributed by atoms with Gasteiger partial charge in [-0.05, 0) is 12.8 Å². The third-order valence-electron chi connectivity index (χ3n) is 3.36. The standard InChI is InChI=1S/C15H26ClN7O4/c16-11-13(18)22-12(17)10(21-11)14(26)23-15(19)20-5-3-1-2-4-6-27-8-9(25)7-24/h9,24-25H,1-8H2,(H4,17,18,22)(H3,19,20,23,26)/t9-/m0/s1.